The fourth-order valence-electron chi connectivity index (χ4n) is 2.53. The van der Waals surface area contributed by atoms with Gasteiger partial charge in [0.25, 0.3) is 0 Å². The highest BCUT2D eigenvalue weighted by molar-refractivity contribution is 8.07. The molecular formula is C16H24N2OS2. The van der Waals surface area contributed by atoms with Gasteiger partial charge < -0.3 is 4.74 Å². The smallest absolute Gasteiger partial charge is 0.119 e. The number of benzene rings is 1. The standard InChI is InChI=1S/C16H24N2OS2/c1-10-11(2)21-15(9-20-10)16(18-17)12-3-5-13(6-4-12)19-14-7-8-14/h3-6,10-11,14-16,18H,7-9,17H2,1-2H3. The Hall–Kier alpha value is -0.360. The fourth-order valence-corrected chi connectivity index (χ4v) is 5.63. The van der Waals surface area contributed by atoms with E-state index in [9.17, 15) is 0 Å². The second-order valence-corrected chi connectivity index (χ2v) is 8.98. The zero-order valence-electron chi connectivity index (χ0n) is 12.6. The summed E-state index contributed by atoms with van der Waals surface area (Å²) >= 11 is 4.10. The van der Waals surface area contributed by atoms with E-state index >= 15 is 0 Å². The van der Waals surface area contributed by atoms with Crippen LogP contribution in [0.2, 0.25) is 0 Å². The molecule has 4 atom stereocenters. The third kappa shape index (κ3) is 3.89. The Morgan fingerprint density at radius 1 is 1.19 bits per heavy atom. The minimum Gasteiger partial charge on any atom is -0.490 e. The van der Waals surface area contributed by atoms with Gasteiger partial charge in [-0.2, -0.15) is 23.5 Å². The van der Waals surface area contributed by atoms with Gasteiger partial charge in [-0.3, -0.25) is 11.3 Å². The van der Waals surface area contributed by atoms with Gasteiger partial charge >= 0.3 is 0 Å². The van der Waals surface area contributed by atoms with Crippen molar-refractivity contribution in [3.8, 4) is 5.75 Å². The van der Waals surface area contributed by atoms with Gasteiger partial charge in [-0.15, -0.1) is 0 Å². The van der Waals surface area contributed by atoms with Crippen LogP contribution in [0.15, 0.2) is 24.3 Å². The Balaban J connectivity index is 1.67. The van der Waals surface area contributed by atoms with E-state index in [2.05, 4.69) is 67.1 Å². The van der Waals surface area contributed by atoms with Crippen molar-refractivity contribution < 1.29 is 4.74 Å². The van der Waals surface area contributed by atoms with Crippen molar-refractivity contribution in [1.29, 1.82) is 0 Å². The van der Waals surface area contributed by atoms with Gasteiger partial charge in [0, 0.05) is 21.5 Å². The number of hydrazine groups is 1. The van der Waals surface area contributed by atoms with Crippen molar-refractivity contribution in [2.24, 2.45) is 5.84 Å². The molecule has 5 heteroatoms. The van der Waals surface area contributed by atoms with Gasteiger partial charge in [0.15, 0.2) is 0 Å². The number of nitrogens with one attached hydrogen (secondary N) is 1. The van der Waals surface area contributed by atoms with Crippen molar-refractivity contribution in [2.45, 2.75) is 54.6 Å². The summed E-state index contributed by atoms with van der Waals surface area (Å²) in [6.45, 7) is 4.63. The predicted molar refractivity (Wildman–Crippen MR) is 92.9 cm³/mol. The first-order valence-electron chi connectivity index (χ1n) is 7.67. The third-order valence-corrected chi connectivity index (χ3v) is 7.69. The molecule has 4 unspecified atom stereocenters. The molecule has 1 aromatic carbocycles. The summed E-state index contributed by atoms with van der Waals surface area (Å²) in [7, 11) is 0. The van der Waals surface area contributed by atoms with Crippen molar-refractivity contribution >= 4 is 23.5 Å². The van der Waals surface area contributed by atoms with E-state index < -0.39 is 0 Å². The molecule has 3 rings (SSSR count). The molecule has 3 nitrogen and oxygen atoms in total. The lowest BCUT2D eigenvalue weighted by Crippen LogP contribution is -2.40. The Morgan fingerprint density at radius 3 is 2.48 bits per heavy atom. The SMILES string of the molecule is CC1SCC(C(NN)c2ccc(OC3CC3)cc2)SC1C. The summed E-state index contributed by atoms with van der Waals surface area (Å²) in [5.41, 5.74) is 4.27. The van der Waals surface area contributed by atoms with E-state index in [0.29, 0.717) is 16.6 Å². The lowest BCUT2D eigenvalue weighted by molar-refractivity contribution is 0.303. The molecular weight excluding hydrogens is 300 g/mol. The maximum atomic E-state index is 5.84. The molecule has 2 fully saturated rings. The molecule has 1 aromatic rings. The summed E-state index contributed by atoms with van der Waals surface area (Å²) < 4.78 is 5.81. The lowest BCUT2D eigenvalue weighted by Gasteiger charge is -2.35. The summed E-state index contributed by atoms with van der Waals surface area (Å²) in [6, 6.07) is 8.65. The second kappa shape index (κ2) is 6.82. The van der Waals surface area contributed by atoms with E-state index in [1.54, 1.807) is 0 Å². The van der Waals surface area contributed by atoms with Crippen LogP contribution >= 0.6 is 23.5 Å². The largest absolute Gasteiger partial charge is 0.490 e. The van der Waals surface area contributed by atoms with Crippen molar-refractivity contribution in [3.63, 3.8) is 0 Å². The van der Waals surface area contributed by atoms with E-state index in [-0.39, 0.29) is 6.04 Å². The Morgan fingerprint density at radius 2 is 1.90 bits per heavy atom. The first-order valence-corrected chi connectivity index (χ1v) is 9.66. The maximum absolute atomic E-state index is 5.84. The average molecular weight is 325 g/mol. The Labute approximate surface area is 135 Å². The molecule has 1 saturated carbocycles. The first-order chi connectivity index (χ1) is 10.2. The van der Waals surface area contributed by atoms with E-state index in [1.165, 1.54) is 18.4 Å². The van der Waals surface area contributed by atoms with Crippen molar-refractivity contribution in [3.05, 3.63) is 29.8 Å². The van der Waals surface area contributed by atoms with Gasteiger partial charge in [0.1, 0.15) is 5.75 Å². The zero-order chi connectivity index (χ0) is 14.8. The number of thioether (sulfide) groups is 2. The summed E-state index contributed by atoms with van der Waals surface area (Å²) in [4.78, 5) is 0. The molecule has 0 aromatic heterocycles. The topological polar surface area (TPSA) is 47.3 Å². The van der Waals surface area contributed by atoms with Crippen LogP contribution in [0, 0.1) is 0 Å². The molecule has 116 valence electrons. The predicted octanol–water partition coefficient (Wildman–Crippen LogP) is 3.36. The van der Waals surface area contributed by atoms with Gasteiger partial charge in [-0.25, -0.2) is 0 Å². The summed E-state index contributed by atoms with van der Waals surface area (Å²) in [5, 5.41) is 1.91. The number of ether oxygens (including phenoxy) is 1. The quantitative estimate of drug-likeness (QED) is 0.642. The number of nitrogens with two attached hydrogens (primary N) is 1. The molecule has 3 N–H and O–H groups in total. The molecule has 1 saturated heterocycles. The van der Waals surface area contributed by atoms with E-state index in [4.69, 9.17) is 10.6 Å². The molecule has 0 bridgehead atoms. The van der Waals surface area contributed by atoms with Crippen LogP contribution < -0.4 is 16.0 Å². The van der Waals surface area contributed by atoms with Crippen LogP contribution in [0.5, 0.6) is 5.75 Å². The van der Waals surface area contributed by atoms with Crippen LogP contribution in [-0.2, 0) is 0 Å². The minimum absolute atomic E-state index is 0.201. The third-order valence-electron chi connectivity index (χ3n) is 4.19. The van der Waals surface area contributed by atoms with Crippen LogP contribution in [0.25, 0.3) is 0 Å². The van der Waals surface area contributed by atoms with Gasteiger partial charge in [-0.1, -0.05) is 26.0 Å². The number of rotatable bonds is 5. The molecule has 21 heavy (non-hydrogen) atoms. The summed E-state index contributed by atoms with van der Waals surface area (Å²) in [6.07, 6.45) is 2.84. The molecule has 2 aliphatic rings. The first kappa shape index (κ1) is 15.5. The van der Waals surface area contributed by atoms with Gasteiger partial charge in [-0.05, 0) is 30.5 Å². The van der Waals surface area contributed by atoms with Crippen LogP contribution in [-0.4, -0.2) is 27.6 Å². The summed E-state index contributed by atoms with van der Waals surface area (Å²) in [5.74, 6) is 7.96. The fraction of sp³-hybridized carbons (Fsp3) is 0.625. The molecule has 1 heterocycles. The minimum atomic E-state index is 0.201. The van der Waals surface area contributed by atoms with Crippen molar-refractivity contribution in [1.82, 2.24) is 5.43 Å². The van der Waals surface area contributed by atoms with Gasteiger partial charge in [0.2, 0.25) is 0 Å². The Kier molecular flexibility index (Phi) is 5.04. The maximum Gasteiger partial charge on any atom is 0.119 e. The average Bonchev–Trinajstić information content (AvgIpc) is 3.29. The molecule has 0 amide bonds. The van der Waals surface area contributed by atoms with Crippen LogP contribution in [0.4, 0.5) is 0 Å². The van der Waals surface area contributed by atoms with E-state index in [1.807, 2.05) is 0 Å². The highest BCUT2D eigenvalue weighted by Crippen LogP contribution is 2.41. The monoisotopic (exact) mass is 324 g/mol. The van der Waals surface area contributed by atoms with Crippen LogP contribution in [0.3, 0.4) is 0 Å². The van der Waals surface area contributed by atoms with E-state index in [0.717, 1.165) is 16.8 Å². The lowest BCUT2D eigenvalue weighted by atomic mass is 10.0. The number of hydrogen-bond acceptors (Lipinski definition) is 5. The molecule has 0 spiro atoms. The number of hydrogen-bond donors (Lipinski definition) is 2. The zero-order valence-corrected chi connectivity index (χ0v) is 14.3. The molecule has 1 aliphatic carbocycles. The highest BCUT2D eigenvalue weighted by atomic mass is 32.2. The van der Waals surface area contributed by atoms with Crippen LogP contribution in [0.1, 0.15) is 38.3 Å². The highest BCUT2D eigenvalue weighted by Gasteiger charge is 2.31. The Bertz CT molecular complexity index is 464. The van der Waals surface area contributed by atoms with Gasteiger partial charge in [0.05, 0.1) is 12.1 Å². The normalized spacial score (nSPS) is 30.9. The second-order valence-electron chi connectivity index (χ2n) is 5.95. The molecule has 0 radical (unpaired) electrons. The van der Waals surface area contributed by atoms with Crippen molar-refractivity contribution in [2.75, 3.05) is 5.75 Å². The molecule has 1 aliphatic heterocycles.